The number of aryl methyl sites for hydroxylation is 1. The quantitative estimate of drug-likeness (QED) is 0.695. The van der Waals surface area contributed by atoms with E-state index in [9.17, 15) is 9.59 Å². The smallest absolute Gasteiger partial charge is 0.260 e. The lowest BCUT2D eigenvalue weighted by Crippen LogP contribution is -2.56. The molecular formula is C26H30N2O3. The number of hydrogen-bond acceptors (Lipinski definition) is 3. The van der Waals surface area contributed by atoms with Crippen LogP contribution < -0.4 is 10.3 Å². The van der Waals surface area contributed by atoms with Gasteiger partial charge < -0.3 is 14.2 Å². The molecule has 1 aromatic carbocycles. The van der Waals surface area contributed by atoms with Crippen LogP contribution >= 0.6 is 0 Å². The molecule has 1 amide bonds. The number of benzene rings is 1. The van der Waals surface area contributed by atoms with Crippen molar-refractivity contribution in [2.75, 3.05) is 19.7 Å². The number of carbonyl (C=O) groups is 1. The molecule has 1 saturated heterocycles. The Kier molecular flexibility index (Phi) is 5.66. The van der Waals surface area contributed by atoms with Gasteiger partial charge in [0.25, 0.3) is 11.5 Å². The molecule has 1 aromatic heterocycles. The van der Waals surface area contributed by atoms with Gasteiger partial charge in [0.2, 0.25) is 0 Å². The van der Waals surface area contributed by atoms with Crippen molar-refractivity contribution in [3.8, 4) is 17.6 Å². The summed E-state index contributed by atoms with van der Waals surface area (Å²) < 4.78 is 7.39. The zero-order valence-electron chi connectivity index (χ0n) is 18.8. The van der Waals surface area contributed by atoms with Crippen LogP contribution in [0.2, 0.25) is 0 Å². The molecule has 5 nitrogen and oxygen atoms in total. The second-order valence-electron chi connectivity index (χ2n) is 9.58. The summed E-state index contributed by atoms with van der Waals surface area (Å²) in [5.41, 5.74) is 2.89. The molecule has 5 heteroatoms. The van der Waals surface area contributed by atoms with E-state index < -0.39 is 0 Å². The normalized spacial score (nSPS) is 17.9. The molecule has 1 saturated carbocycles. The molecule has 4 rings (SSSR count). The maximum absolute atomic E-state index is 12.8. The van der Waals surface area contributed by atoms with Gasteiger partial charge in [0.05, 0.1) is 6.04 Å². The zero-order valence-corrected chi connectivity index (χ0v) is 18.8. The van der Waals surface area contributed by atoms with Crippen LogP contribution in [0.3, 0.4) is 0 Å². The lowest BCUT2D eigenvalue weighted by molar-refractivity contribution is -0.143. The second kappa shape index (κ2) is 8.26. The minimum Gasteiger partial charge on any atom is -0.484 e. The fourth-order valence-corrected chi connectivity index (χ4v) is 4.07. The minimum absolute atomic E-state index is 0.0422. The molecule has 0 bridgehead atoms. The summed E-state index contributed by atoms with van der Waals surface area (Å²) in [6.45, 7) is 9.62. The van der Waals surface area contributed by atoms with E-state index in [2.05, 4.69) is 25.7 Å². The van der Waals surface area contributed by atoms with E-state index in [1.807, 2.05) is 44.2 Å². The van der Waals surface area contributed by atoms with E-state index in [0.29, 0.717) is 11.7 Å². The largest absolute Gasteiger partial charge is 0.484 e. The molecule has 1 atom stereocenters. The number of carbonyl (C=O) groups excluding carboxylic acids is 1. The molecule has 162 valence electrons. The Morgan fingerprint density at radius 2 is 1.87 bits per heavy atom. The predicted molar refractivity (Wildman–Crippen MR) is 121 cm³/mol. The molecule has 1 aliphatic heterocycles. The van der Waals surface area contributed by atoms with Gasteiger partial charge >= 0.3 is 0 Å². The maximum atomic E-state index is 12.8. The minimum atomic E-state index is -0.141. The molecular weight excluding hydrogens is 388 g/mol. The average Bonchev–Trinajstić information content (AvgIpc) is 3.53. The molecule has 0 spiro atoms. The van der Waals surface area contributed by atoms with E-state index in [1.165, 1.54) is 18.9 Å². The number of amides is 1. The number of pyridine rings is 1. The monoisotopic (exact) mass is 418 g/mol. The topological polar surface area (TPSA) is 51.5 Å². The van der Waals surface area contributed by atoms with Crippen LogP contribution in [0.15, 0.2) is 41.2 Å². The molecule has 2 aromatic rings. The standard InChI is InChI=1S/C26H30N2O3/c1-18-13-23(31-15-25(30)27-16-26(3,4)17-27)14-24(29)28(18)19(2)22-11-9-21(10-12-22)8-7-20-5-6-20/h9-14,19-20H,5-6,15-17H2,1-4H3/t19-/m1/s1. The first-order valence-corrected chi connectivity index (χ1v) is 11.0. The molecule has 0 N–H and O–H groups in total. The maximum Gasteiger partial charge on any atom is 0.260 e. The van der Waals surface area contributed by atoms with Gasteiger partial charge in [-0.05, 0) is 55.9 Å². The van der Waals surface area contributed by atoms with Crippen molar-refractivity contribution in [2.45, 2.75) is 46.6 Å². The van der Waals surface area contributed by atoms with E-state index in [1.54, 1.807) is 9.47 Å². The van der Waals surface area contributed by atoms with Crippen LogP contribution in [-0.2, 0) is 4.79 Å². The third-order valence-corrected chi connectivity index (χ3v) is 5.97. The Bertz CT molecular complexity index is 1090. The number of rotatable bonds is 5. The van der Waals surface area contributed by atoms with E-state index in [0.717, 1.165) is 29.9 Å². The highest BCUT2D eigenvalue weighted by molar-refractivity contribution is 5.78. The molecule has 2 fully saturated rings. The lowest BCUT2D eigenvalue weighted by Gasteiger charge is -2.45. The highest BCUT2D eigenvalue weighted by Gasteiger charge is 2.37. The van der Waals surface area contributed by atoms with Crippen molar-refractivity contribution in [1.29, 1.82) is 0 Å². The van der Waals surface area contributed by atoms with Gasteiger partial charge in [0, 0.05) is 36.3 Å². The van der Waals surface area contributed by atoms with Gasteiger partial charge in [-0.1, -0.05) is 37.8 Å². The van der Waals surface area contributed by atoms with Gasteiger partial charge in [0.15, 0.2) is 6.61 Å². The SMILES string of the molecule is Cc1cc(OCC(=O)N2CC(C)(C)C2)cc(=O)n1[C@H](C)c1ccc(C#CC2CC2)cc1. The predicted octanol–water partition coefficient (Wildman–Crippen LogP) is 3.77. The van der Waals surface area contributed by atoms with Crippen molar-refractivity contribution in [3.63, 3.8) is 0 Å². The first-order valence-electron chi connectivity index (χ1n) is 11.0. The lowest BCUT2D eigenvalue weighted by atomic mass is 9.84. The zero-order chi connectivity index (χ0) is 22.2. The molecule has 0 radical (unpaired) electrons. The Morgan fingerprint density at radius 3 is 2.45 bits per heavy atom. The number of likely N-dealkylation sites (tertiary alicyclic amines) is 1. The molecule has 2 heterocycles. The van der Waals surface area contributed by atoms with Crippen LogP contribution in [0.5, 0.6) is 5.75 Å². The summed E-state index contributed by atoms with van der Waals surface area (Å²) >= 11 is 0. The Morgan fingerprint density at radius 1 is 1.19 bits per heavy atom. The highest BCUT2D eigenvalue weighted by atomic mass is 16.5. The van der Waals surface area contributed by atoms with Crippen molar-refractivity contribution in [3.05, 3.63) is 63.6 Å². The molecule has 0 unspecified atom stereocenters. The summed E-state index contributed by atoms with van der Waals surface area (Å²) in [5, 5.41) is 0. The Labute approximate surface area is 184 Å². The summed E-state index contributed by atoms with van der Waals surface area (Å²) in [6, 6.07) is 11.3. The molecule has 2 aliphatic rings. The number of ether oxygens (including phenoxy) is 1. The first-order chi connectivity index (χ1) is 14.7. The van der Waals surface area contributed by atoms with Gasteiger partial charge in [-0.2, -0.15) is 0 Å². The van der Waals surface area contributed by atoms with Crippen LogP contribution in [-0.4, -0.2) is 35.1 Å². The summed E-state index contributed by atoms with van der Waals surface area (Å²) in [7, 11) is 0. The van der Waals surface area contributed by atoms with Gasteiger partial charge in [-0.25, -0.2) is 0 Å². The van der Waals surface area contributed by atoms with Crippen molar-refractivity contribution < 1.29 is 9.53 Å². The fraction of sp³-hybridized carbons (Fsp3) is 0.462. The third-order valence-electron chi connectivity index (χ3n) is 5.97. The van der Waals surface area contributed by atoms with E-state index in [-0.39, 0.29) is 29.5 Å². The van der Waals surface area contributed by atoms with E-state index >= 15 is 0 Å². The molecule has 31 heavy (non-hydrogen) atoms. The van der Waals surface area contributed by atoms with Crippen LogP contribution in [0.25, 0.3) is 0 Å². The van der Waals surface area contributed by atoms with E-state index in [4.69, 9.17) is 4.74 Å². The summed E-state index contributed by atoms with van der Waals surface area (Å²) in [4.78, 5) is 26.8. The molecule has 1 aliphatic carbocycles. The average molecular weight is 419 g/mol. The first kappa shape index (κ1) is 21.2. The van der Waals surface area contributed by atoms with Gasteiger partial charge in [-0.3, -0.25) is 9.59 Å². The van der Waals surface area contributed by atoms with Crippen LogP contribution in [0.4, 0.5) is 0 Å². The summed E-state index contributed by atoms with van der Waals surface area (Å²) in [5.74, 6) is 7.46. The Balaban J connectivity index is 1.42. The number of aromatic nitrogens is 1. The van der Waals surface area contributed by atoms with Crippen LogP contribution in [0.1, 0.15) is 56.5 Å². The summed E-state index contributed by atoms with van der Waals surface area (Å²) in [6.07, 6.45) is 2.43. The van der Waals surface area contributed by atoms with Crippen molar-refractivity contribution >= 4 is 5.91 Å². The van der Waals surface area contributed by atoms with Crippen molar-refractivity contribution in [1.82, 2.24) is 9.47 Å². The fourth-order valence-electron chi connectivity index (χ4n) is 4.07. The Hall–Kier alpha value is -3.00. The van der Waals surface area contributed by atoms with Gasteiger partial charge in [0.1, 0.15) is 5.75 Å². The van der Waals surface area contributed by atoms with Gasteiger partial charge in [-0.15, -0.1) is 0 Å². The second-order valence-corrected chi connectivity index (χ2v) is 9.58. The number of nitrogens with zero attached hydrogens (tertiary/aromatic N) is 2. The highest BCUT2D eigenvalue weighted by Crippen LogP contribution is 2.29. The van der Waals surface area contributed by atoms with Crippen LogP contribution in [0, 0.1) is 30.1 Å². The van der Waals surface area contributed by atoms with Crippen molar-refractivity contribution in [2.24, 2.45) is 11.3 Å². The third kappa shape index (κ3) is 5.02. The number of hydrogen-bond donors (Lipinski definition) is 0.